The van der Waals surface area contributed by atoms with Gasteiger partial charge in [0.15, 0.2) is 0 Å². The summed E-state index contributed by atoms with van der Waals surface area (Å²) in [7, 11) is -3.80. The summed E-state index contributed by atoms with van der Waals surface area (Å²) in [6, 6.07) is -0.228. The van der Waals surface area contributed by atoms with Crippen molar-refractivity contribution in [2.45, 2.75) is 39.8 Å². The molecular formula is C9H20FN4O2P. The van der Waals surface area contributed by atoms with Crippen molar-refractivity contribution in [3.05, 3.63) is 12.3 Å². The molecule has 1 aliphatic rings. The van der Waals surface area contributed by atoms with Gasteiger partial charge in [-0.05, 0) is 33.8 Å². The summed E-state index contributed by atoms with van der Waals surface area (Å²) < 4.78 is 23.9. The molecule has 100 valence electrons. The zero-order valence-electron chi connectivity index (χ0n) is 10.5. The Hall–Kier alpha value is -0.910. The molecule has 1 heterocycles. The van der Waals surface area contributed by atoms with E-state index in [4.69, 9.17) is 0 Å². The van der Waals surface area contributed by atoms with E-state index in [1.807, 2.05) is 0 Å². The van der Waals surface area contributed by atoms with Crippen LogP contribution in [-0.4, -0.2) is 18.3 Å². The van der Waals surface area contributed by atoms with Gasteiger partial charge in [-0.25, -0.2) is 10.2 Å². The van der Waals surface area contributed by atoms with Crippen LogP contribution in [0, 0.1) is 0 Å². The van der Waals surface area contributed by atoms with Gasteiger partial charge < -0.3 is 4.84 Å². The van der Waals surface area contributed by atoms with E-state index in [0.29, 0.717) is 0 Å². The summed E-state index contributed by atoms with van der Waals surface area (Å²) in [5.41, 5.74) is 2.27. The molecule has 17 heavy (non-hydrogen) atoms. The van der Waals surface area contributed by atoms with E-state index in [1.165, 1.54) is 6.26 Å². The third-order valence-corrected chi connectivity index (χ3v) is 2.96. The lowest BCUT2D eigenvalue weighted by molar-refractivity contribution is 0.136. The van der Waals surface area contributed by atoms with Crippen LogP contribution in [0.2, 0.25) is 0 Å². The number of nitrogens with zero attached hydrogens (tertiary/aromatic N) is 1. The second kappa shape index (κ2) is 8.22. The number of rotatable bonds is 4. The topological polar surface area (TPSA) is 74.8 Å². The fraction of sp³-hybridized carbons (Fsp3) is 0.667. The molecule has 0 radical (unpaired) electrons. The number of hydrogen-bond acceptors (Lipinski definition) is 4. The van der Waals surface area contributed by atoms with Crippen LogP contribution < -0.4 is 15.8 Å². The fourth-order valence-corrected chi connectivity index (χ4v) is 2.31. The SMILES string of the molecule is C1=CONN=C1.CC(C)NP(=O)(F)NC(C)C. The molecule has 0 aliphatic carbocycles. The van der Waals surface area contributed by atoms with Gasteiger partial charge in [-0.15, -0.1) is 5.59 Å². The number of allylic oxidation sites excluding steroid dienone is 1. The third kappa shape index (κ3) is 11.4. The van der Waals surface area contributed by atoms with Crippen molar-refractivity contribution in [3.8, 4) is 0 Å². The number of halogens is 1. The largest absolute Gasteiger partial charge is 0.378 e. The summed E-state index contributed by atoms with van der Waals surface area (Å²) in [5.74, 6) is 0. The van der Waals surface area contributed by atoms with E-state index >= 15 is 0 Å². The maximum absolute atomic E-state index is 12.9. The van der Waals surface area contributed by atoms with Gasteiger partial charge in [0.25, 0.3) is 0 Å². The quantitative estimate of drug-likeness (QED) is 0.679. The van der Waals surface area contributed by atoms with E-state index in [0.717, 1.165) is 0 Å². The molecule has 0 amide bonds. The fourth-order valence-electron chi connectivity index (χ4n) is 0.910. The standard InChI is InChI=1S/C6H16FN2OP.C3H4N2O/c1-5(2)8-11(7,10)9-6(3)4;1-2-4-5-6-3-1/h5-6H,1-4H3,(H2,8,9,10);1-3,5H. The predicted molar refractivity (Wildman–Crippen MR) is 67.1 cm³/mol. The van der Waals surface area contributed by atoms with Crippen molar-refractivity contribution < 1.29 is 13.6 Å². The molecule has 0 saturated heterocycles. The Morgan fingerprint density at radius 3 is 2.00 bits per heavy atom. The predicted octanol–water partition coefficient (Wildman–Crippen LogP) is 2.08. The van der Waals surface area contributed by atoms with Crippen LogP contribution in [0.4, 0.5) is 4.20 Å². The minimum Gasteiger partial charge on any atom is -0.373 e. The van der Waals surface area contributed by atoms with Crippen molar-refractivity contribution in [1.82, 2.24) is 15.8 Å². The normalized spacial score (nSPS) is 14.1. The van der Waals surface area contributed by atoms with Crippen molar-refractivity contribution in [1.29, 1.82) is 0 Å². The molecule has 0 atom stereocenters. The van der Waals surface area contributed by atoms with Crippen LogP contribution >= 0.6 is 7.75 Å². The summed E-state index contributed by atoms with van der Waals surface area (Å²) in [5, 5.41) is 8.15. The maximum atomic E-state index is 12.9. The average molecular weight is 266 g/mol. The maximum Gasteiger partial charge on any atom is 0.378 e. The zero-order valence-corrected chi connectivity index (χ0v) is 11.4. The number of hydrazone groups is 1. The number of hydrogen-bond donors (Lipinski definition) is 3. The van der Waals surface area contributed by atoms with Crippen molar-refractivity contribution in [3.63, 3.8) is 0 Å². The third-order valence-electron chi connectivity index (χ3n) is 1.26. The minimum atomic E-state index is -3.80. The Balaban J connectivity index is 0.000000354. The van der Waals surface area contributed by atoms with E-state index in [2.05, 4.69) is 25.7 Å². The number of nitrogens with one attached hydrogen (secondary N) is 3. The highest BCUT2D eigenvalue weighted by Gasteiger charge is 2.21. The molecule has 0 spiro atoms. The molecule has 6 nitrogen and oxygen atoms in total. The molecule has 1 aliphatic heterocycles. The summed E-state index contributed by atoms with van der Waals surface area (Å²) in [6.45, 7) is 6.98. The summed E-state index contributed by atoms with van der Waals surface area (Å²) >= 11 is 0. The van der Waals surface area contributed by atoms with Crippen LogP contribution in [0.5, 0.6) is 0 Å². The van der Waals surface area contributed by atoms with Gasteiger partial charge in [0.2, 0.25) is 0 Å². The molecule has 0 aromatic heterocycles. The first-order chi connectivity index (χ1) is 7.83. The van der Waals surface area contributed by atoms with Crippen LogP contribution in [-0.2, 0) is 9.40 Å². The summed E-state index contributed by atoms with van der Waals surface area (Å²) in [4.78, 5) is 4.44. The summed E-state index contributed by atoms with van der Waals surface area (Å²) in [6.07, 6.45) is 4.80. The van der Waals surface area contributed by atoms with Crippen LogP contribution in [0.1, 0.15) is 27.7 Å². The molecule has 8 heteroatoms. The van der Waals surface area contributed by atoms with Gasteiger partial charge in [0.1, 0.15) is 6.26 Å². The lowest BCUT2D eigenvalue weighted by Gasteiger charge is -2.16. The first kappa shape index (κ1) is 16.1. The Labute approximate surface area is 101 Å². The van der Waals surface area contributed by atoms with Gasteiger partial charge in [-0.1, -0.05) is 0 Å². The second-order valence-electron chi connectivity index (χ2n) is 3.92. The van der Waals surface area contributed by atoms with E-state index in [-0.39, 0.29) is 12.1 Å². The molecule has 0 unspecified atom stereocenters. The van der Waals surface area contributed by atoms with Gasteiger partial charge in [-0.3, -0.25) is 4.57 Å². The first-order valence-electron chi connectivity index (χ1n) is 5.27. The highest BCUT2D eigenvalue weighted by Crippen LogP contribution is 2.38. The molecule has 0 aromatic rings. The molecule has 0 saturated carbocycles. The molecule has 3 N–H and O–H groups in total. The van der Waals surface area contributed by atoms with Gasteiger partial charge in [0.05, 0.1) is 6.21 Å². The molecule has 0 aromatic carbocycles. The van der Waals surface area contributed by atoms with Crippen LogP contribution in [0.25, 0.3) is 0 Å². The van der Waals surface area contributed by atoms with Crippen LogP contribution in [0.15, 0.2) is 17.4 Å². The van der Waals surface area contributed by atoms with Crippen molar-refractivity contribution in [2.75, 3.05) is 0 Å². The highest BCUT2D eigenvalue weighted by molar-refractivity contribution is 7.54. The minimum absolute atomic E-state index is 0.114. The van der Waals surface area contributed by atoms with Gasteiger partial charge in [0, 0.05) is 12.1 Å². The Morgan fingerprint density at radius 1 is 1.29 bits per heavy atom. The van der Waals surface area contributed by atoms with E-state index in [9.17, 15) is 8.76 Å². The van der Waals surface area contributed by atoms with Gasteiger partial charge in [-0.2, -0.15) is 9.30 Å². The lowest BCUT2D eigenvalue weighted by Crippen LogP contribution is -2.29. The Morgan fingerprint density at radius 2 is 1.82 bits per heavy atom. The average Bonchev–Trinajstić information content (AvgIpc) is 2.16. The molecule has 0 bridgehead atoms. The second-order valence-corrected chi connectivity index (χ2v) is 5.50. The molecule has 1 rings (SSSR count). The zero-order chi connectivity index (χ0) is 13.3. The molecular weight excluding hydrogens is 246 g/mol. The highest BCUT2D eigenvalue weighted by atomic mass is 31.2. The Kier molecular flexibility index (Phi) is 7.78. The van der Waals surface area contributed by atoms with E-state index < -0.39 is 7.75 Å². The monoisotopic (exact) mass is 266 g/mol. The Bertz CT molecular complexity index is 281. The van der Waals surface area contributed by atoms with E-state index in [1.54, 1.807) is 40.0 Å². The van der Waals surface area contributed by atoms with Crippen molar-refractivity contribution >= 4 is 14.0 Å². The van der Waals surface area contributed by atoms with Crippen molar-refractivity contribution in [2.24, 2.45) is 5.10 Å². The first-order valence-corrected chi connectivity index (χ1v) is 6.87. The lowest BCUT2D eigenvalue weighted by atomic mass is 10.4. The van der Waals surface area contributed by atoms with Crippen LogP contribution in [0.3, 0.4) is 0 Å². The smallest absolute Gasteiger partial charge is 0.373 e. The van der Waals surface area contributed by atoms with Gasteiger partial charge >= 0.3 is 7.75 Å². The molecule has 0 fully saturated rings.